The van der Waals surface area contributed by atoms with Crippen LogP contribution in [0.5, 0.6) is 0 Å². The molecule has 1 amide bonds. The number of aromatic nitrogens is 3. The lowest BCUT2D eigenvalue weighted by Crippen LogP contribution is -2.60. The van der Waals surface area contributed by atoms with Crippen LogP contribution in [-0.4, -0.2) is 82.3 Å². The molecule has 4 rings (SSSR count). The van der Waals surface area contributed by atoms with Crippen LogP contribution in [0, 0.1) is 0 Å². The van der Waals surface area contributed by atoms with Gasteiger partial charge in [-0.05, 0) is 18.7 Å². The van der Waals surface area contributed by atoms with Gasteiger partial charge in [0.1, 0.15) is 5.52 Å². The zero-order valence-electron chi connectivity index (χ0n) is 14.8. The van der Waals surface area contributed by atoms with Crippen molar-refractivity contribution in [2.24, 2.45) is 0 Å². The summed E-state index contributed by atoms with van der Waals surface area (Å²) in [5.74, 6) is 0.224. The topological polar surface area (TPSA) is 88.4 Å². The molecule has 3 heterocycles. The number of likely N-dealkylation sites (N-methyl/N-ethyl adjacent to an activating group) is 1. The van der Waals surface area contributed by atoms with Crippen LogP contribution in [0.4, 0.5) is 0 Å². The van der Waals surface area contributed by atoms with E-state index in [1.165, 1.54) is 0 Å². The van der Waals surface area contributed by atoms with Crippen molar-refractivity contribution >= 4 is 26.8 Å². The van der Waals surface area contributed by atoms with Gasteiger partial charge in [0.05, 0.1) is 29.6 Å². The van der Waals surface area contributed by atoms with Gasteiger partial charge in [0, 0.05) is 25.6 Å². The van der Waals surface area contributed by atoms with Crippen molar-refractivity contribution in [2.45, 2.75) is 32.0 Å². The number of carbonyl (C=O) groups is 1. The molecule has 2 aliphatic heterocycles. The Morgan fingerprint density at radius 1 is 1.19 bits per heavy atom. The molecule has 0 saturated carbocycles. The van der Waals surface area contributed by atoms with Gasteiger partial charge in [-0.15, -0.1) is 5.10 Å². The average Bonchev–Trinajstić information content (AvgIpc) is 3.18. The fourth-order valence-corrected chi connectivity index (χ4v) is 6.17. The SMILES string of the molecule is CCN1CCN(C(=O)CCn2nnc3ccccc32)C2CS(=O)(=O)CC21. The smallest absolute Gasteiger partial charge is 0.224 e. The molecule has 2 aromatic rings. The number of amides is 1. The fourth-order valence-electron chi connectivity index (χ4n) is 4.15. The Labute approximate surface area is 152 Å². The van der Waals surface area contributed by atoms with Crippen molar-refractivity contribution in [1.82, 2.24) is 24.8 Å². The Kier molecular flexibility index (Phi) is 4.44. The molecule has 140 valence electrons. The lowest BCUT2D eigenvalue weighted by Gasteiger charge is -2.43. The van der Waals surface area contributed by atoms with Crippen molar-refractivity contribution < 1.29 is 13.2 Å². The predicted molar refractivity (Wildman–Crippen MR) is 97.3 cm³/mol. The summed E-state index contributed by atoms with van der Waals surface area (Å²) in [7, 11) is -3.09. The Morgan fingerprint density at radius 3 is 2.77 bits per heavy atom. The lowest BCUT2D eigenvalue weighted by molar-refractivity contribution is -0.137. The minimum absolute atomic E-state index is 0.00701. The summed E-state index contributed by atoms with van der Waals surface area (Å²) in [6.07, 6.45) is 0.294. The van der Waals surface area contributed by atoms with Crippen LogP contribution in [0.1, 0.15) is 13.3 Å². The zero-order valence-corrected chi connectivity index (χ0v) is 15.6. The first-order valence-corrected chi connectivity index (χ1v) is 10.8. The molecule has 0 aliphatic carbocycles. The third kappa shape index (κ3) is 3.09. The van der Waals surface area contributed by atoms with E-state index in [0.717, 1.165) is 24.1 Å². The van der Waals surface area contributed by atoms with Crippen molar-refractivity contribution in [3.63, 3.8) is 0 Å². The quantitative estimate of drug-likeness (QED) is 0.754. The van der Waals surface area contributed by atoms with Gasteiger partial charge in [-0.2, -0.15) is 0 Å². The molecule has 0 bridgehead atoms. The Balaban J connectivity index is 1.47. The summed E-state index contributed by atoms with van der Waals surface area (Å²) in [5.41, 5.74) is 1.70. The van der Waals surface area contributed by atoms with E-state index < -0.39 is 9.84 Å². The third-order valence-corrected chi connectivity index (χ3v) is 7.17. The first-order valence-electron chi connectivity index (χ1n) is 9.00. The van der Waals surface area contributed by atoms with E-state index in [0.29, 0.717) is 19.5 Å². The van der Waals surface area contributed by atoms with E-state index in [2.05, 4.69) is 15.2 Å². The number of carbonyl (C=O) groups excluding carboxylic acids is 1. The number of fused-ring (bicyclic) bond motifs is 2. The van der Waals surface area contributed by atoms with Gasteiger partial charge in [0.2, 0.25) is 5.91 Å². The van der Waals surface area contributed by atoms with E-state index in [-0.39, 0.29) is 29.5 Å². The summed E-state index contributed by atoms with van der Waals surface area (Å²) < 4.78 is 26.0. The molecule has 1 aromatic carbocycles. The zero-order chi connectivity index (χ0) is 18.3. The lowest BCUT2D eigenvalue weighted by atomic mass is 10.0. The maximum Gasteiger partial charge on any atom is 0.224 e. The van der Waals surface area contributed by atoms with Crippen molar-refractivity contribution in [1.29, 1.82) is 0 Å². The maximum absolute atomic E-state index is 12.8. The van der Waals surface area contributed by atoms with Gasteiger partial charge in [-0.1, -0.05) is 24.3 Å². The van der Waals surface area contributed by atoms with E-state index in [1.54, 1.807) is 9.58 Å². The molecule has 2 fully saturated rings. The molecule has 9 heteroatoms. The Hall–Kier alpha value is -2.00. The summed E-state index contributed by atoms with van der Waals surface area (Å²) in [6.45, 7) is 4.60. The Bertz CT molecular complexity index is 925. The molecule has 2 aliphatic rings. The second kappa shape index (κ2) is 6.62. The van der Waals surface area contributed by atoms with Crippen molar-refractivity contribution in [3.05, 3.63) is 24.3 Å². The highest BCUT2D eigenvalue weighted by Crippen LogP contribution is 2.27. The molecule has 0 radical (unpaired) electrons. The van der Waals surface area contributed by atoms with Gasteiger partial charge >= 0.3 is 0 Å². The molecule has 2 atom stereocenters. The van der Waals surface area contributed by atoms with E-state index in [9.17, 15) is 13.2 Å². The molecule has 0 N–H and O–H groups in total. The molecule has 0 spiro atoms. The summed E-state index contributed by atoms with van der Waals surface area (Å²) >= 11 is 0. The standard InChI is InChI=1S/C17H23N5O3S/c1-2-20-9-10-21(16-12-26(24,25)11-15(16)20)17(23)7-8-22-14-6-4-3-5-13(14)18-19-22/h3-6,15-16H,2,7-12H2,1H3. The highest BCUT2D eigenvalue weighted by atomic mass is 32.2. The number of nitrogens with zero attached hydrogens (tertiary/aromatic N) is 5. The predicted octanol–water partition coefficient (Wildman–Crippen LogP) is 0.151. The van der Waals surface area contributed by atoms with Crippen LogP contribution in [0.25, 0.3) is 11.0 Å². The second-order valence-corrected chi connectivity index (χ2v) is 9.13. The number of benzene rings is 1. The highest BCUT2D eigenvalue weighted by Gasteiger charge is 2.47. The van der Waals surface area contributed by atoms with Crippen LogP contribution >= 0.6 is 0 Å². The summed E-state index contributed by atoms with van der Waals surface area (Å²) in [5, 5.41) is 8.22. The highest BCUT2D eigenvalue weighted by molar-refractivity contribution is 7.91. The normalized spacial score (nSPS) is 25.5. The van der Waals surface area contributed by atoms with Crippen LogP contribution < -0.4 is 0 Å². The Morgan fingerprint density at radius 2 is 1.96 bits per heavy atom. The minimum Gasteiger partial charge on any atom is -0.336 e. The van der Waals surface area contributed by atoms with Crippen LogP contribution in [0.2, 0.25) is 0 Å². The van der Waals surface area contributed by atoms with Crippen molar-refractivity contribution in [3.8, 4) is 0 Å². The summed E-state index contributed by atoms with van der Waals surface area (Å²) in [6, 6.07) is 7.34. The molecular weight excluding hydrogens is 354 g/mol. The van der Waals surface area contributed by atoms with Gasteiger partial charge in [-0.3, -0.25) is 9.69 Å². The maximum atomic E-state index is 12.8. The van der Waals surface area contributed by atoms with E-state index in [1.807, 2.05) is 31.2 Å². The largest absolute Gasteiger partial charge is 0.336 e. The summed E-state index contributed by atoms with van der Waals surface area (Å²) in [4.78, 5) is 16.8. The number of piperazine rings is 1. The van der Waals surface area contributed by atoms with Crippen LogP contribution in [-0.2, 0) is 21.2 Å². The second-order valence-electron chi connectivity index (χ2n) is 6.98. The van der Waals surface area contributed by atoms with Gasteiger partial charge < -0.3 is 4.90 Å². The van der Waals surface area contributed by atoms with Gasteiger partial charge in [0.15, 0.2) is 9.84 Å². The van der Waals surface area contributed by atoms with Crippen LogP contribution in [0.15, 0.2) is 24.3 Å². The van der Waals surface area contributed by atoms with Crippen molar-refractivity contribution in [2.75, 3.05) is 31.1 Å². The monoisotopic (exact) mass is 377 g/mol. The van der Waals surface area contributed by atoms with E-state index >= 15 is 0 Å². The fraction of sp³-hybridized carbons (Fsp3) is 0.588. The number of sulfone groups is 1. The molecule has 26 heavy (non-hydrogen) atoms. The first-order chi connectivity index (χ1) is 12.5. The molecular formula is C17H23N5O3S. The molecule has 1 aromatic heterocycles. The third-order valence-electron chi connectivity index (χ3n) is 5.48. The number of rotatable bonds is 4. The van der Waals surface area contributed by atoms with E-state index in [4.69, 9.17) is 0 Å². The number of hydrogen-bond donors (Lipinski definition) is 0. The molecule has 8 nitrogen and oxygen atoms in total. The first kappa shape index (κ1) is 17.4. The molecule has 2 unspecified atom stereocenters. The van der Waals surface area contributed by atoms with Crippen LogP contribution in [0.3, 0.4) is 0 Å². The van der Waals surface area contributed by atoms with Gasteiger partial charge in [0.25, 0.3) is 0 Å². The number of aryl methyl sites for hydroxylation is 1. The number of para-hydroxylation sites is 1. The minimum atomic E-state index is -3.09. The molecule has 2 saturated heterocycles. The number of hydrogen-bond acceptors (Lipinski definition) is 6. The van der Waals surface area contributed by atoms with Gasteiger partial charge in [-0.25, -0.2) is 13.1 Å². The average molecular weight is 377 g/mol.